The van der Waals surface area contributed by atoms with Gasteiger partial charge in [-0.1, -0.05) is 5.16 Å². The van der Waals surface area contributed by atoms with Gasteiger partial charge in [-0.2, -0.15) is 4.98 Å². The molecule has 9 nitrogen and oxygen atoms in total. The van der Waals surface area contributed by atoms with E-state index in [9.17, 15) is 14.9 Å². The molecule has 2 aromatic rings. The van der Waals surface area contributed by atoms with Crippen molar-refractivity contribution < 1.29 is 19.3 Å². The molecule has 0 aliphatic heterocycles. The van der Waals surface area contributed by atoms with Crippen molar-refractivity contribution in [3.8, 4) is 0 Å². The predicted octanol–water partition coefficient (Wildman–Crippen LogP) is 1.64. The van der Waals surface area contributed by atoms with Gasteiger partial charge in [-0.25, -0.2) is 4.79 Å². The molecule has 0 bridgehead atoms. The summed E-state index contributed by atoms with van der Waals surface area (Å²) in [6.07, 6.45) is 0.402. The second-order valence-electron chi connectivity index (χ2n) is 4.20. The van der Waals surface area contributed by atoms with Crippen LogP contribution in [0.5, 0.6) is 0 Å². The highest BCUT2D eigenvalue weighted by molar-refractivity contribution is 5.94. The molecule has 1 heterocycles. The van der Waals surface area contributed by atoms with E-state index in [0.29, 0.717) is 24.7 Å². The minimum absolute atomic E-state index is 0.0371. The maximum Gasteiger partial charge on any atom is 0.337 e. The summed E-state index contributed by atoms with van der Waals surface area (Å²) >= 11 is 0. The summed E-state index contributed by atoms with van der Waals surface area (Å²) in [7, 11) is 0. The molecule has 2 N–H and O–H groups in total. The van der Waals surface area contributed by atoms with Crippen LogP contribution in [0.1, 0.15) is 22.1 Å². The summed E-state index contributed by atoms with van der Waals surface area (Å²) in [6.45, 7) is 1.98. The van der Waals surface area contributed by atoms with Crippen molar-refractivity contribution in [3.63, 3.8) is 0 Å². The lowest BCUT2D eigenvalue weighted by atomic mass is 10.1. The number of benzene rings is 1. The third-order valence-electron chi connectivity index (χ3n) is 2.68. The van der Waals surface area contributed by atoms with E-state index in [0.717, 1.165) is 6.07 Å². The Balaban J connectivity index is 2.11. The lowest BCUT2D eigenvalue weighted by Crippen LogP contribution is -2.10. The summed E-state index contributed by atoms with van der Waals surface area (Å²) in [5.41, 5.74) is -0.0419. The highest BCUT2D eigenvalue weighted by Gasteiger charge is 2.15. The third-order valence-corrected chi connectivity index (χ3v) is 2.68. The molecule has 0 saturated carbocycles. The van der Waals surface area contributed by atoms with Crippen LogP contribution in [0.25, 0.3) is 0 Å². The summed E-state index contributed by atoms with van der Waals surface area (Å²) in [5.74, 6) is -0.253. The Labute approximate surface area is 118 Å². The normalized spacial score (nSPS) is 10.3. The number of non-ortho nitro benzene ring substituents is 1. The van der Waals surface area contributed by atoms with Gasteiger partial charge in [0.05, 0.1) is 16.2 Å². The molecule has 0 aliphatic carbocycles. The van der Waals surface area contributed by atoms with Crippen LogP contribution in [0, 0.1) is 17.0 Å². The third kappa shape index (κ3) is 3.53. The van der Waals surface area contributed by atoms with E-state index in [1.807, 2.05) is 0 Å². The zero-order valence-corrected chi connectivity index (χ0v) is 11.1. The number of nitro groups is 1. The van der Waals surface area contributed by atoms with Crippen molar-refractivity contribution in [2.24, 2.45) is 0 Å². The molecular weight excluding hydrogens is 280 g/mol. The number of nitrogens with one attached hydrogen (secondary N) is 1. The Morgan fingerprint density at radius 1 is 1.52 bits per heavy atom. The van der Waals surface area contributed by atoms with Gasteiger partial charge in [0, 0.05) is 32.0 Å². The second kappa shape index (κ2) is 5.99. The number of rotatable bonds is 6. The number of carboxylic acids is 1. The maximum absolute atomic E-state index is 11.1. The SMILES string of the molecule is Cc1nc(CCNc2cc([N+](=O)[O-])ccc2C(=O)O)no1. The monoisotopic (exact) mass is 292 g/mol. The number of nitro benzene ring substituents is 1. The molecule has 2 rings (SSSR count). The van der Waals surface area contributed by atoms with Crippen LogP contribution >= 0.6 is 0 Å². The number of carbonyl (C=O) groups is 1. The van der Waals surface area contributed by atoms with Crippen LogP contribution in [0.4, 0.5) is 11.4 Å². The first kappa shape index (κ1) is 14.4. The minimum atomic E-state index is -1.16. The molecule has 110 valence electrons. The lowest BCUT2D eigenvalue weighted by molar-refractivity contribution is -0.384. The van der Waals surface area contributed by atoms with Crippen molar-refractivity contribution in [2.45, 2.75) is 13.3 Å². The number of aromatic nitrogens is 2. The van der Waals surface area contributed by atoms with Gasteiger partial charge < -0.3 is 14.9 Å². The molecule has 9 heteroatoms. The van der Waals surface area contributed by atoms with E-state index in [4.69, 9.17) is 9.63 Å². The summed E-state index contributed by atoms with van der Waals surface area (Å²) in [4.78, 5) is 25.2. The molecule has 0 fully saturated rings. The van der Waals surface area contributed by atoms with Crippen LogP contribution in [-0.4, -0.2) is 32.7 Å². The minimum Gasteiger partial charge on any atom is -0.478 e. The molecule has 1 aromatic carbocycles. The average Bonchev–Trinajstić information content (AvgIpc) is 2.84. The summed E-state index contributed by atoms with van der Waals surface area (Å²) < 4.78 is 4.81. The van der Waals surface area contributed by atoms with Gasteiger partial charge in [0.25, 0.3) is 5.69 Å². The van der Waals surface area contributed by atoms with E-state index in [2.05, 4.69) is 15.5 Å². The van der Waals surface area contributed by atoms with Gasteiger partial charge in [0.2, 0.25) is 5.89 Å². The first-order valence-electron chi connectivity index (χ1n) is 6.02. The molecule has 21 heavy (non-hydrogen) atoms. The quantitative estimate of drug-likeness (QED) is 0.606. The topological polar surface area (TPSA) is 131 Å². The van der Waals surface area contributed by atoms with Crippen LogP contribution in [0.2, 0.25) is 0 Å². The number of carboxylic acid groups (broad SMARTS) is 1. The van der Waals surface area contributed by atoms with Crippen molar-refractivity contribution in [3.05, 3.63) is 45.6 Å². The molecule has 0 atom stereocenters. The molecule has 0 amide bonds. The highest BCUT2D eigenvalue weighted by Crippen LogP contribution is 2.22. The van der Waals surface area contributed by atoms with E-state index in [-0.39, 0.29) is 16.9 Å². The van der Waals surface area contributed by atoms with E-state index < -0.39 is 10.9 Å². The number of hydrogen-bond acceptors (Lipinski definition) is 7. The standard InChI is InChI=1S/C12H12N4O5/c1-7-14-11(15-21-7)4-5-13-10-6-8(16(19)20)2-3-9(10)12(17)18/h2-3,6,13H,4-5H2,1H3,(H,17,18). The highest BCUT2D eigenvalue weighted by atomic mass is 16.6. The van der Waals surface area contributed by atoms with E-state index in [1.165, 1.54) is 12.1 Å². The number of aromatic carboxylic acids is 1. The summed E-state index contributed by atoms with van der Waals surface area (Å²) in [5, 5.41) is 26.3. The molecule has 0 radical (unpaired) electrons. The van der Waals surface area contributed by atoms with Crippen molar-refractivity contribution >= 4 is 17.3 Å². The average molecular weight is 292 g/mol. The fraction of sp³-hybridized carbons (Fsp3) is 0.250. The lowest BCUT2D eigenvalue weighted by Gasteiger charge is -2.08. The molecule has 0 aliphatic rings. The molecule has 0 unspecified atom stereocenters. The molecule has 0 saturated heterocycles. The largest absolute Gasteiger partial charge is 0.478 e. The van der Waals surface area contributed by atoms with Crippen LogP contribution in [0.15, 0.2) is 22.7 Å². The van der Waals surface area contributed by atoms with Gasteiger partial charge >= 0.3 is 5.97 Å². The van der Waals surface area contributed by atoms with Crippen LogP contribution in [-0.2, 0) is 6.42 Å². The van der Waals surface area contributed by atoms with Gasteiger partial charge in [0.1, 0.15) is 0 Å². The van der Waals surface area contributed by atoms with Gasteiger partial charge in [-0.3, -0.25) is 10.1 Å². The number of hydrogen-bond donors (Lipinski definition) is 2. The zero-order chi connectivity index (χ0) is 15.4. The Bertz CT molecular complexity index is 682. The van der Waals surface area contributed by atoms with E-state index in [1.54, 1.807) is 6.92 Å². The van der Waals surface area contributed by atoms with Crippen molar-refractivity contribution in [1.82, 2.24) is 10.1 Å². The number of nitrogens with zero attached hydrogens (tertiary/aromatic N) is 3. The molecular formula is C12H12N4O5. The van der Waals surface area contributed by atoms with Crippen molar-refractivity contribution in [2.75, 3.05) is 11.9 Å². The Morgan fingerprint density at radius 3 is 2.86 bits per heavy atom. The number of anilines is 1. The van der Waals surface area contributed by atoms with Crippen molar-refractivity contribution in [1.29, 1.82) is 0 Å². The van der Waals surface area contributed by atoms with Gasteiger partial charge in [-0.05, 0) is 6.07 Å². The van der Waals surface area contributed by atoms with E-state index >= 15 is 0 Å². The Kier molecular flexibility index (Phi) is 4.12. The van der Waals surface area contributed by atoms with Crippen LogP contribution in [0.3, 0.4) is 0 Å². The number of aryl methyl sites for hydroxylation is 1. The smallest absolute Gasteiger partial charge is 0.337 e. The van der Waals surface area contributed by atoms with Gasteiger partial charge in [-0.15, -0.1) is 0 Å². The van der Waals surface area contributed by atoms with Gasteiger partial charge in [0.15, 0.2) is 5.82 Å². The maximum atomic E-state index is 11.1. The first-order chi connectivity index (χ1) is 9.97. The first-order valence-corrected chi connectivity index (χ1v) is 6.02. The second-order valence-corrected chi connectivity index (χ2v) is 4.20. The fourth-order valence-corrected chi connectivity index (χ4v) is 1.73. The fourth-order valence-electron chi connectivity index (χ4n) is 1.73. The summed E-state index contributed by atoms with van der Waals surface area (Å²) in [6, 6.07) is 3.53. The Morgan fingerprint density at radius 2 is 2.29 bits per heavy atom. The molecule has 1 aromatic heterocycles. The van der Waals surface area contributed by atoms with Crippen LogP contribution < -0.4 is 5.32 Å². The molecule has 0 spiro atoms. The Hall–Kier alpha value is -2.97. The zero-order valence-electron chi connectivity index (χ0n) is 11.1. The predicted molar refractivity (Wildman–Crippen MR) is 71.3 cm³/mol.